The van der Waals surface area contributed by atoms with Gasteiger partial charge in [-0.25, -0.2) is 14.8 Å². The second-order valence-corrected chi connectivity index (χ2v) is 3.77. The molecule has 0 aliphatic heterocycles. The molecule has 84 valence electrons. The Hall–Kier alpha value is -2.14. The van der Waals surface area contributed by atoms with E-state index in [-0.39, 0.29) is 5.28 Å². The molecule has 0 radical (unpaired) electrons. The molecule has 0 saturated heterocycles. The van der Waals surface area contributed by atoms with Gasteiger partial charge in [-0.3, -0.25) is 4.98 Å². The number of hydrogen-bond donors (Lipinski definition) is 1. The van der Waals surface area contributed by atoms with E-state index in [1.165, 1.54) is 0 Å². The Kier molecular flexibility index (Phi) is 2.19. The van der Waals surface area contributed by atoms with E-state index in [1.807, 2.05) is 6.07 Å². The van der Waals surface area contributed by atoms with Gasteiger partial charge in [-0.1, -0.05) is 6.07 Å². The quantitative estimate of drug-likeness (QED) is 0.670. The summed E-state index contributed by atoms with van der Waals surface area (Å²) in [5.74, 6) is -0.474. The molecular formula is C11H6ClN3O2. The van der Waals surface area contributed by atoms with E-state index in [0.717, 1.165) is 5.56 Å². The highest BCUT2D eigenvalue weighted by Crippen LogP contribution is 2.21. The molecule has 0 aliphatic carbocycles. The van der Waals surface area contributed by atoms with Crippen LogP contribution in [0.1, 0.15) is 0 Å². The zero-order chi connectivity index (χ0) is 11.8. The van der Waals surface area contributed by atoms with Crippen LogP contribution >= 0.6 is 11.6 Å². The minimum atomic E-state index is -0.474. The van der Waals surface area contributed by atoms with Crippen molar-refractivity contribution in [2.24, 2.45) is 0 Å². The first kappa shape index (κ1) is 10.0. The lowest BCUT2D eigenvalue weighted by molar-refractivity contribution is 0.555. The number of H-pyrrole nitrogens is 1. The zero-order valence-electron chi connectivity index (χ0n) is 8.48. The third-order valence-electron chi connectivity index (χ3n) is 2.34. The van der Waals surface area contributed by atoms with Gasteiger partial charge in [-0.05, 0) is 29.8 Å². The average molecular weight is 248 g/mol. The summed E-state index contributed by atoms with van der Waals surface area (Å²) in [6.45, 7) is 0. The Morgan fingerprint density at radius 3 is 3.00 bits per heavy atom. The Balaban J connectivity index is 2.20. The predicted molar refractivity (Wildman–Crippen MR) is 62.9 cm³/mol. The Bertz CT molecular complexity index is 748. The van der Waals surface area contributed by atoms with E-state index < -0.39 is 5.76 Å². The minimum Gasteiger partial charge on any atom is -0.408 e. The number of benzene rings is 1. The van der Waals surface area contributed by atoms with Crippen molar-refractivity contribution in [1.29, 1.82) is 0 Å². The number of hydrogen-bond acceptors (Lipinski definition) is 4. The summed E-state index contributed by atoms with van der Waals surface area (Å²) in [7, 11) is 0. The van der Waals surface area contributed by atoms with Gasteiger partial charge in [0.05, 0.1) is 11.2 Å². The third-order valence-corrected chi connectivity index (χ3v) is 2.53. The summed E-state index contributed by atoms with van der Waals surface area (Å²) in [5.41, 5.74) is 2.63. The molecular weight excluding hydrogens is 242 g/mol. The number of nitrogens with one attached hydrogen (secondary N) is 1. The van der Waals surface area contributed by atoms with E-state index in [1.54, 1.807) is 24.4 Å². The van der Waals surface area contributed by atoms with E-state index in [9.17, 15) is 4.79 Å². The van der Waals surface area contributed by atoms with Crippen LogP contribution in [0.5, 0.6) is 0 Å². The van der Waals surface area contributed by atoms with Gasteiger partial charge in [0.25, 0.3) is 0 Å². The van der Waals surface area contributed by atoms with Gasteiger partial charge in [0, 0.05) is 11.8 Å². The van der Waals surface area contributed by atoms with E-state index in [4.69, 9.17) is 16.0 Å². The molecule has 0 spiro atoms. The third kappa shape index (κ3) is 1.81. The lowest BCUT2D eigenvalue weighted by Gasteiger charge is -1.99. The molecule has 0 atom stereocenters. The number of fused-ring (bicyclic) bond motifs is 1. The number of rotatable bonds is 1. The highest BCUT2D eigenvalue weighted by atomic mass is 35.5. The second-order valence-electron chi connectivity index (χ2n) is 3.44. The van der Waals surface area contributed by atoms with Gasteiger partial charge in [0.1, 0.15) is 0 Å². The first-order valence-electron chi connectivity index (χ1n) is 4.84. The summed E-state index contributed by atoms with van der Waals surface area (Å²) in [5, 5.41) is 0.179. The fourth-order valence-corrected chi connectivity index (χ4v) is 1.75. The number of nitrogens with zero attached hydrogens (tertiary/aromatic N) is 2. The van der Waals surface area contributed by atoms with Crippen LogP contribution in [-0.4, -0.2) is 15.0 Å². The summed E-state index contributed by atoms with van der Waals surface area (Å²) >= 11 is 5.72. The van der Waals surface area contributed by atoms with Crippen molar-refractivity contribution >= 4 is 22.7 Å². The molecule has 3 aromatic rings. The lowest BCUT2D eigenvalue weighted by Crippen LogP contribution is -1.92. The van der Waals surface area contributed by atoms with Crippen molar-refractivity contribution in [3.05, 3.63) is 46.3 Å². The molecule has 0 fully saturated rings. The predicted octanol–water partition coefficient (Wildman–Crippen LogP) is 2.23. The van der Waals surface area contributed by atoms with Crippen LogP contribution < -0.4 is 5.76 Å². The molecule has 0 unspecified atom stereocenters. The molecule has 2 heterocycles. The van der Waals surface area contributed by atoms with Crippen LogP contribution in [0.3, 0.4) is 0 Å². The number of oxazole rings is 1. The Morgan fingerprint density at radius 2 is 2.18 bits per heavy atom. The van der Waals surface area contributed by atoms with Crippen LogP contribution in [0.25, 0.3) is 22.4 Å². The fraction of sp³-hybridized carbons (Fsp3) is 0. The van der Waals surface area contributed by atoms with Gasteiger partial charge in [-0.15, -0.1) is 0 Å². The van der Waals surface area contributed by atoms with E-state index in [0.29, 0.717) is 16.8 Å². The molecule has 0 amide bonds. The lowest BCUT2D eigenvalue weighted by atomic mass is 10.1. The maximum Gasteiger partial charge on any atom is 0.417 e. The first-order chi connectivity index (χ1) is 8.22. The molecule has 1 N–H and O–H groups in total. The van der Waals surface area contributed by atoms with Gasteiger partial charge in [-0.2, -0.15) is 0 Å². The smallest absolute Gasteiger partial charge is 0.408 e. The maximum atomic E-state index is 11.0. The van der Waals surface area contributed by atoms with E-state index >= 15 is 0 Å². The Labute approximate surface area is 100 Å². The monoisotopic (exact) mass is 247 g/mol. The average Bonchev–Trinajstić information content (AvgIpc) is 2.68. The molecule has 0 saturated carbocycles. The fourth-order valence-electron chi connectivity index (χ4n) is 1.60. The SMILES string of the molecule is O=c1[nH]c2ccc(-c3ccnc(Cl)n3)cc2o1. The van der Waals surface area contributed by atoms with Crippen molar-refractivity contribution in [3.63, 3.8) is 0 Å². The van der Waals surface area contributed by atoms with Gasteiger partial charge >= 0.3 is 5.76 Å². The first-order valence-corrected chi connectivity index (χ1v) is 5.22. The molecule has 2 aromatic heterocycles. The van der Waals surface area contributed by atoms with Crippen LogP contribution in [0.4, 0.5) is 0 Å². The molecule has 0 bridgehead atoms. The molecule has 5 nitrogen and oxygen atoms in total. The normalized spacial score (nSPS) is 10.9. The van der Waals surface area contributed by atoms with Crippen molar-refractivity contribution in [1.82, 2.24) is 15.0 Å². The summed E-state index contributed by atoms with van der Waals surface area (Å²) in [6, 6.07) is 7.04. The van der Waals surface area contributed by atoms with Crippen LogP contribution in [0, 0.1) is 0 Å². The zero-order valence-corrected chi connectivity index (χ0v) is 9.23. The van der Waals surface area contributed by atoms with Gasteiger partial charge in [0.15, 0.2) is 5.58 Å². The molecule has 17 heavy (non-hydrogen) atoms. The van der Waals surface area contributed by atoms with Crippen molar-refractivity contribution < 1.29 is 4.42 Å². The number of halogens is 1. The maximum absolute atomic E-state index is 11.0. The van der Waals surface area contributed by atoms with E-state index in [2.05, 4.69) is 15.0 Å². The minimum absolute atomic E-state index is 0.179. The topological polar surface area (TPSA) is 71.8 Å². The Morgan fingerprint density at radius 1 is 1.29 bits per heavy atom. The van der Waals surface area contributed by atoms with Crippen LogP contribution in [0.15, 0.2) is 39.7 Å². The van der Waals surface area contributed by atoms with Crippen LogP contribution in [0.2, 0.25) is 5.28 Å². The highest BCUT2D eigenvalue weighted by molar-refractivity contribution is 6.28. The summed E-state index contributed by atoms with van der Waals surface area (Å²) < 4.78 is 4.97. The number of aromatic amines is 1. The standard InChI is InChI=1S/C11H6ClN3O2/c12-10-13-4-3-7(14-10)6-1-2-8-9(5-6)17-11(16)15-8/h1-5H,(H,15,16). The van der Waals surface area contributed by atoms with Crippen LogP contribution in [-0.2, 0) is 0 Å². The van der Waals surface area contributed by atoms with Crippen molar-refractivity contribution in [2.75, 3.05) is 0 Å². The molecule has 1 aromatic carbocycles. The van der Waals surface area contributed by atoms with Gasteiger partial charge in [0.2, 0.25) is 5.28 Å². The van der Waals surface area contributed by atoms with Crippen molar-refractivity contribution in [2.45, 2.75) is 0 Å². The van der Waals surface area contributed by atoms with Crippen molar-refractivity contribution in [3.8, 4) is 11.3 Å². The van der Waals surface area contributed by atoms with Gasteiger partial charge < -0.3 is 4.42 Å². The highest BCUT2D eigenvalue weighted by Gasteiger charge is 2.05. The summed E-state index contributed by atoms with van der Waals surface area (Å²) in [4.78, 5) is 21.5. The molecule has 6 heteroatoms. The number of aromatic nitrogens is 3. The largest absolute Gasteiger partial charge is 0.417 e. The molecule has 0 aliphatic rings. The second kappa shape index (κ2) is 3.71. The molecule has 3 rings (SSSR count). The summed E-state index contributed by atoms with van der Waals surface area (Å²) in [6.07, 6.45) is 1.57.